The summed E-state index contributed by atoms with van der Waals surface area (Å²) >= 11 is 3.17. The Balaban J connectivity index is 2.42. The molecule has 110 valence electrons. The van der Waals surface area contributed by atoms with E-state index in [4.69, 9.17) is 9.47 Å². The Morgan fingerprint density at radius 1 is 1.19 bits per heavy atom. The van der Waals surface area contributed by atoms with Crippen LogP contribution >= 0.6 is 15.9 Å². The van der Waals surface area contributed by atoms with Crippen molar-refractivity contribution in [2.75, 3.05) is 14.2 Å². The Morgan fingerprint density at radius 3 is 2.48 bits per heavy atom. The summed E-state index contributed by atoms with van der Waals surface area (Å²) in [6.07, 6.45) is 1.27. The van der Waals surface area contributed by atoms with E-state index in [0.29, 0.717) is 40.9 Å². The Bertz CT molecular complexity index is 682. The number of methoxy groups -OCH3 is 2. The van der Waals surface area contributed by atoms with Crippen molar-refractivity contribution in [2.45, 2.75) is 6.54 Å². The lowest BCUT2D eigenvalue weighted by Crippen LogP contribution is -2.08. The van der Waals surface area contributed by atoms with Gasteiger partial charge in [-0.1, -0.05) is 6.07 Å². The van der Waals surface area contributed by atoms with Crippen molar-refractivity contribution in [1.82, 2.24) is 9.55 Å². The Kier molecular flexibility index (Phi) is 4.74. The molecule has 0 aliphatic carbocycles. The van der Waals surface area contributed by atoms with Gasteiger partial charge in [-0.2, -0.15) is 0 Å². The molecule has 1 aromatic carbocycles. The van der Waals surface area contributed by atoms with E-state index >= 15 is 0 Å². The molecule has 0 radical (unpaired) electrons. The summed E-state index contributed by atoms with van der Waals surface area (Å²) in [6, 6.07) is 5.38. The summed E-state index contributed by atoms with van der Waals surface area (Å²) < 4.78 is 12.3. The van der Waals surface area contributed by atoms with Gasteiger partial charge in [0.15, 0.2) is 29.9 Å². The standard InChI is InChI=1S/C14H13BrN2O4/c1-20-11-4-3-9(5-12(11)21-2)6-17-10(7-18)14(15)16-13(17)8-19/h3-5,7-8H,6H2,1-2H3. The maximum absolute atomic E-state index is 11.1. The molecule has 0 atom stereocenters. The van der Waals surface area contributed by atoms with E-state index in [1.165, 1.54) is 4.57 Å². The van der Waals surface area contributed by atoms with E-state index in [9.17, 15) is 9.59 Å². The molecule has 0 aliphatic heterocycles. The first-order valence-electron chi connectivity index (χ1n) is 6.01. The van der Waals surface area contributed by atoms with Crippen molar-refractivity contribution < 1.29 is 19.1 Å². The number of rotatable bonds is 6. The van der Waals surface area contributed by atoms with E-state index in [1.807, 2.05) is 6.07 Å². The van der Waals surface area contributed by atoms with Gasteiger partial charge in [0.05, 0.1) is 20.8 Å². The fourth-order valence-corrected chi connectivity index (χ4v) is 2.47. The van der Waals surface area contributed by atoms with Crippen LogP contribution in [0.25, 0.3) is 0 Å². The zero-order valence-electron chi connectivity index (χ0n) is 11.5. The first kappa shape index (κ1) is 15.2. The molecule has 2 rings (SSSR count). The second-order valence-electron chi connectivity index (χ2n) is 4.16. The predicted molar refractivity (Wildman–Crippen MR) is 79.4 cm³/mol. The third-order valence-corrected chi connectivity index (χ3v) is 3.58. The average molecular weight is 353 g/mol. The summed E-state index contributed by atoms with van der Waals surface area (Å²) in [7, 11) is 3.10. The minimum Gasteiger partial charge on any atom is -0.493 e. The van der Waals surface area contributed by atoms with Crippen LogP contribution in [0, 0.1) is 0 Å². The van der Waals surface area contributed by atoms with Crippen LogP contribution in [0.5, 0.6) is 11.5 Å². The quantitative estimate of drug-likeness (QED) is 0.746. The lowest BCUT2D eigenvalue weighted by molar-refractivity contribution is 0.110. The molecule has 2 aromatic rings. The molecule has 0 aliphatic rings. The molecular weight excluding hydrogens is 340 g/mol. The molecule has 1 aromatic heterocycles. The predicted octanol–water partition coefficient (Wildman–Crippen LogP) is 2.34. The Labute approximate surface area is 129 Å². The molecule has 0 unspecified atom stereocenters. The van der Waals surface area contributed by atoms with E-state index in [1.54, 1.807) is 26.4 Å². The number of carbonyl (C=O) groups is 2. The van der Waals surface area contributed by atoms with Crippen molar-refractivity contribution in [2.24, 2.45) is 0 Å². The summed E-state index contributed by atoms with van der Waals surface area (Å²) in [4.78, 5) is 26.2. The lowest BCUT2D eigenvalue weighted by atomic mass is 10.2. The summed E-state index contributed by atoms with van der Waals surface area (Å²) in [5.74, 6) is 1.37. The number of ether oxygens (including phenoxy) is 2. The van der Waals surface area contributed by atoms with Gasteiger partial charge < -0.3 is 14.0 Å². The molecule has 7 heteroatoms. The van der Waals surface area contributed by atoms with Crippen LogP contribution in [0.3, 0.4) is 0 Å². The third kappa shape index (κ3) is 2.97. The highest BCUT2D eigenvalue weighted by atomic mass is 79.9. The van der Waals surface area contributed by atoms with Crippen LogP contribution in [0.1, 0.15) is 26.7 Å². The maximum Gasteiger partial charge on any atom is 0.185 e. The summed E-state index contributed by atoms with van der Waals surface area (Å²) in [6.45, 7) is 0.321. The molecule has 0 saturated carbocycles. The number of hydrogen-bond acceptors (Lipinski definition) is 5. The highest BCUT2D eigenvalue weighted by Crippen LogP contribution is 2.28. The zero-order valence-corrected chi connectivity index (χ0v) is 13.1. The number of halogens is 1. The number of nitrogens with zero attached hydrogens (tertiary/aromatic N) is 2. The molecular formula is C14H13BrN2O4. The van der Waals surface area contributed by atoms with Crippen LogP contribution in [0.2, 0.25) is 0 Å². The summed E-state index contributed by atoms with van der Waals surface area (Å²) in [5.41, 5.74) is 1.16. The van der Waals surface area contributed by atoms with Crippen LogP contribution in [0.15, 0.2) is 22.8 Å². The fourth-order valence-electron chi connectivity index (χ4n) is 1.98. The number of aldehydes is 2. The second kappa shape index (κ2) is 6.53. The maximum atomic E-state index is 11.1. The summed E-state index contributed by atoms with van der Waals surface area (Å²) in [5, 5.41) is 0. The van der Waals surface area contributed by atoms with Gasteiger partial charge in [-0.05, 0) is 33.6 Å². The van der Waals surface area contributed by atoms with Crippen molar-refractivity contribution >= 4 is 28.5 Å². The molecule has 21 heavy (non-hydrogen) atoms. The largest absolute Gasteiger partial charge is 0.493 e. The molecule has 1 heterocycles. The van der Waals surface area contributed by atoms with E-state index in [-0.39, 0.29) is 5.82 Å². The molecule has 0 N–H and O–H groups in total. The van der Waals surface area contributed by atoms with E-state index in [2.05, 4.69) is 20.9 Å². The Morgan fingerprint density at radius 2 is 1.90 bits per heavy atom. The first-order valence-corrected chi connectivity index (χ1v) is 6.81. The van der Waals surface area contributed by atoms with Gasteiger partial charge in [-0.15, -0.1) is 0 Å². The van der Waals surface area contributed by atoms with Gasteiger partial charge in [0.1, 0.15) is 10.3 Å². The van der Waals surface area contributed by atoms with Crippen LogP contribution in [0.4, 0.5) is 0 Å². The smallest absolute Gasteiger partial charge is 0.185 e. The minimum absolute atomic E-state index is 0.179. The molecule has 0 amide bonds. The number of carbonyl (C=O) groups excluding carboxylic acids is 2. The van der Waals surface area contributed by atoms with Crippen molar-refractivity contribution in [3.8, 4) is 11.5 Å². The van der Waals surface area contributed by atoms with E-state index < -0.39 is 0 Å². The molecule has 0 fully saturated rings. The van der Waals surface area contributed by atoms with Gasteiger partial charge in [-0.3, -0.25) is 9.59 Å². The van der Waals surface area contributed by atoms with Crippen molar-refractivity contribution in [3.63, 3.8) is 0 Å². The monoisotopic (exact) mass is 352 g/mol. The molecule has 0 bridgehead atoms. The van der Waals surface area contributed by atoms with Crippen LogP contribution < -0.4 is 9.47 Å². The number of benzene rings is 1. The van der Waals surface area contributed by atoms with Crippen LogP contribution in [-0.2, 0) is 6.54 Å². The van der Waals surface area contributed by atoms with E-state index in [0.717, 1.165) is 5.56 Å². The molecule has 6 nitrogen and oxygen atoms in total. The minimum atomic E-state index is 0.179. The van der Waals surface area contributed by atoms with Crippen LogP contribution in [-0.4, -0.2) is 36.3 Å². The van der Waals surface area contributed by atoms with Gasteiger partial charge in [-0.25, -0.2) is 4.98 Å². The fraction of sp³-hybridized carbons (Fsp3) is 0.214. The Hall–Kier alpha value is -2.15. The number of imidazole rings is 1. The van der Waals surface area contributed by atoms with Gasteiger partial charge in [0.25, 0.3) is 0 Å². The molecule has 0 spiro atoms. The van der Waals surface area contributed by atoms with Gasteiger partial charge >= 0.3 is 0 Å². The molecule has 0 saturated heterocycles. The second-order valence-corrected chi connectivity index (χ2v) is 4.91. The van der Waals surface area contributed by atoms with Gasteiger partial charge in [0.2, 0.25) is 0 Å². The normalized spacial score (nSPS) is 10.2. The third-order valence-electron chi connectivity index (χ3n) is 3.00. The van der Waals surface area contributed by atoms with Crippen molar-refractivity contribution in [1.29, 1.82) is 0 Å². The average Bonchev–Trinajstić information content (AvgIpc) is 2.82. The number of hydrogen-bond donors (Lipinski definition) is 0. The number of aromatic nitrogens is 2. The highest BCUT2D eigenvalue weighted by Gasteiger charge is 2.15. The lowest BCUT2D eigenvalue weighted by Gasteiger charge is -2.11. The van der Waals surface area contributed by atoms with Crippen molar-refractivity contribution in [3.05, 3.63) is 39.9 Å². The highest BCUT2D eigenvalue weighted by molar-refractivity contribution is 9.10. The zero-order chi connectivity index (χ0) is 15.4. The van der Waals surface area contributed by atoms with Gasteiger partial charge in [0, 0.05) is 0 Å². The first-order chi connectivity index (χ1) is 10.1. The SMILES string of the molecule is COc1ccc(Cn2c(C=O)nc(Br)c2C=O)cc1OC. The topological polar surface area (TPSA) is 70.4 Å².